The fourth-order valence-electron chi connectivity index (χ4n) is 2.73. The smallest absolute Gasteiger partial charge is 0.339 e. The van der Waals surface area contributed by atoms with E-state index in [-0.39, 0.29) is 16.9 Å². The first kappa shape index (κ1) is 18.5. The van der Waals surface area contributed by atoms with E-state index in [1.807, 2.05) is 36.6 Å². The van der Waals surface area contributed by atoms with Crippen molar-refractivity contribution in [1.82, 2.24) is 9.97 Å². The maximum absolute atomic E-state index is 11.9. The molecule has 0 aliphatic heterocycles. The molecule has 1 aromatic heterocycles. The topological polar surface area (TPSA) is 106 Å². The number of rotatable bonds is 5. The minimum atomic E-state index is -1.18. The normalized spacial score (nSPS) is 10.6. The Balaban J connectivity index is 2.34. The van der Waals surface area contributed by atoms with Crippen LogP contribution in [0.4, 0.5) is 5.69 Å². The van der Waals surface area contributed by atoms with E-state index in [0.29, 0.717) is 22.0 Å². The lowest BCUT2D eigenvalue weighted by Crippen LogP contribution is -2.09. The average molecular weight is 381 g/mol. The third-order valence-corrected chi connectivity index (χ3v) is 4.78. The number of carbonyl (C=O) groups is 1. The van der Waals surface area contributed by atoms with Gasteiger partial charge in [-0.1, -0.05) is 30.3 Å². The highest BCUT2D eigenvalue weighted by atomic mass is 32.2. The zero-order valence-electron chi connectivity index (χ0n) is 14.5. The maximum atomic E-state index is 11.9. The molecule has 1 N–H and O–H groups in total. The van der Waals surface area contributed by atoms with Crippen LogP contribution in [-0.2, 0) is 0 Å². The number of hydrogen-bond donors (Lipinski definition) is 1. The fraction of sp³-hybridized carbons (Fsp3) is 0.105. The van der Waals surface area contributed by atoms with Gasteiger partial charge in [-0.05, 0) is 19.2 Å². The van der Waals surface area contributed by atoms with Crippen molar-refractivity contribution in [2.45, 2.75) is 11.8 Å². The molecule has 27 heavy (non-hydrogen) atoms. The molecule has 0 unspecified atom stereocenters. The number of nitro groups is 1. The number of benzene rings is 2. The lowest BCUT2D eigenvalue weighted by atomic mass is 10.0. The van der Waals surface area contributed by atoms with Gasteiger partial charge in [0.05, 0.1) is 16.3 Å². The van der Waals surface area contributed by atoms with E-state index in [1.165, 1.54) is 23.9 Å². The molecule has 0 radical (unpaired) electrons. The molecule has 0 aliphatic carbocycles. The van der Waals surface area contributed by atoms with Gasteiger partial charge in [-0.3, -0.25) is 10.1 Å². The molecule has 7 nitrogen and oxygen atoms in total. The van der Waals surface area contributed by atoms with Crippen LogP contribution in [0.1, 0.15) is 16.1 Å². The maximum Gasteiger partial charge on any atom is 0.339 e. The van der Waals surface area contributed by atoms with Crippen LogP contribution in [0, 0.1) is 17.0 Å². The van der Waals surface area contributed by atoms with Crippen LogP contribution in [0.15, 0.2) is 53.4 Å². The zero-order chi connectivity index (χ0) is 19.6. The molecule has 136 valence electrons. The first-order valence-corrected chi connectivity index (χ1v) is 9.15. The standard InChI is InChI=1S/C19H15N3O4S/c1-11-16(19(23)24)17(21-18(20-11)12-6-4-3-5-7-12)14-10-13(22(25)26)8-9-15(14)27-2/h3-10H,1-2H3,(H,23,24). The van der Waals surface area contributed by atoms with Gasteiger partial charge in [-0.15, -0.1) is 11.8 Å². The summed E-state index contributed by atoms with van der Waals surface area (Å²) in [5.41, 5.74) is 1.40. The van der Waals surface area contributed by atoms with Crippen molar-refractivity contribution in [2.24, 2.45) is 0 Å². The second-order valence-corrected chi connectivity index (χ2v) is 6.52. The number of aromatic carboxylic acids is 1. The van der Waals surface area contributed by atoms with E-state index in [2.05, 4.69) is 9.97 Å². The molecule has 0 spiro atoms. The van der Waals surface area contributed by atoms with Crippen LogP contribution in [0.25, 0.3) is 22.6 Å². The number of carboxylic acids is 1. The summed E-state index contributed by atoms with van der Waals surface area (Å²) in [6.45, 7) is 1.59. The number of nitro benzene ring substituents is 1. The van der Waals surface area contributed by atoms with Gasteiger partial charge < -0.3 is 5.11 Å². The molecular formula is C19H15N3O4S. The van der Waals surface area contributed by atoms with Gasteiger partial charge >= 0.3 is 5.97 Å². The summed E-state index contributed by atoms with van der Waals surface area (Å²) in [7, 11) is 0. The molecule has 0 saturated heterocycles. The van der Waals surface area contributed by atoms with E-state index in [1.54, 1.807) is 13.0 Å². The predicted molar refractivity (Wildman–Crippen MR) is 103 cm³/mol. The summed E-state index contributed by atoms with van der Waals surface area (Å²) in [4.78, 5) is 32.1. The first-order valence-electron chi connectivity index (χ1n) is 7.92. The Morgan fingerprint density at radius 3 is 2.44 bits per heavy atom. The quantitative estimate of drug-likeness (QED) is 0.395. The van der Waals surface area contributed by atoms with Crippen LogP contribution in [-0.4, -0.2) is 32.2 Å². The lowest BCUT2D eigenvalue weighted by Gasteiger charge is -2.13. The van der Waals surface area contributed by atoms with Crippen LogP contribution >= 0.6 is 11.8 Å². The van der Waals surface area contributed by atoms with Gasteiger partial charge in [0.1, 0.15) is 5.56 Å². The van der Waals surface area contributed by atoms with Crippen molar-refractivity contribution in [3.8, 4) is 22.6 Å². The number of thioether (sulfide) groups is 1. The van der Waals surface area contributed by atoms with Crippen molar-refractivity contribution in [3.05, 3.63) is 69.9 Å². The SMILES string of the molecule is CSc1ccc([N+](=O)[O-])cc1-c1nc(-c2ccccc2)nc(C)c1C(=O)O. The van der Waals surface area contributed by atoms with Gasteiger partial charge in [0.25, 0.3) is 5.69 Å². The van der Waals surface area contributed by atoms with Crippen molar-refractivity contribution >= 4 is 23.4 Å². The van der Waals surface area contributed by atoms with Gasteiger partial charge in [-0.25, -0.2) is 14.8 Å². The average Bonchev–Trinajstić information content (AvgIpc) is 2.67. The number of hydrogen-bond acceptors (Lipinski definition) is 6. The summed E-state index contributed by atoms with van der Waals surface area (Å²) in [5, 5.41) is 20.9. The number of carboxylic acid groups (broad SMARTS) is 1. The highest BCUT2D eigenvalue weighted by Gasteiger charge is 2.23. The summed E-state index contributed by atoms with van der Waals surface area (Å²) in [6, 6.07) is 13.5. The molecule has 8 heteroatoms. The minimum absolute atomic E-state index is 0.0644. The van der Waals surface area contributed by atoms with Gasteiger partial charge in [-0.2, -0.15) is 0 Å². The molecular weight excluding hydrogens is 366 g/mol. The molecule has 3 rings (SSSR count). The predicted octanol–water partition coefficient (Wildman–Crippen LogP) is 4.45. The Labute approximate surface area is 159 Å². The molecule has 0 atom stereocenters. The first-order chi connectivity index (χ1) is 12.9. The molecule has 0 amide bonds. The highest BCUT2D eigenvalue weighted by Crippen LogP contribution is 2.36. The largest absolute Gasteiger partial charge is 0.478 e. The van der Waals surface area contributed by atoms with E-state index >= 15 is 0 Å². The monoisotopic (exact) mass is 381 g/mol. The zero-order valence-corrected chi connectivity index (χ0v) is 15.4. The lowest BCUT2D eigenvalue weighted by molar-refractivity contribution is -0.384. The summed E-state index contributed by atoms with van der Waals surface area (Å²) in [6.07, 6.45) is 1.82. The van der Waals surface area contributed by atoms with Gasteiger partial charge in [0.2, 0.25) is 0 Å². The minimum Gasteiger partial charge on any atom is -0.478 e. The number of non-ortho nitro benzene ring substituents is 1. The van der Waals surface area contributed by atoms with Crippen molar-refractivity contribution in [3.63, 3.8) is 0 Å². The Bertz CT molecular complexity index is 1040. The second kappa shape index (κ2) is 7.55. The van der Waals surface area contributed by atoms with Gasteiger partial charge in [0, 0.05) is 28.2 Å². The summed E-state index contributed by atoms with van der Waals surface area (Å²) >= 11 is 1.36. The fourth-order valence-corrected chi connectivity index (χ4v) is 3.31. The molecule has 3 aromatic rings. The van der Waals surface area contributed by atoms with E-state index in [4.69, 9.17) is 0 Å². The van der Waals surface area contributed by atoms with Gasteiger partial charge in [0.15, 0.2) is 5.82 Å². The highest BCUT2D eigenvalue weighted by molar-refractivity contribution is 7.98. The van der Waals surface area contributed by atoms with Crippen LogP contribution in [0.5, 0.6) is 0 Å². The molecule has 0 bridgehead atoms. The third kappa shape index (κ3) is 3.65. The van der Waals surface area contributed by atoms with Crippen molar-refractivity contribution in [1.29, 1.82) is 0 Å². The van der Waals surface area contributed by atoms with E-state index < -0.39 is 10.9 Å². The number of aryl methyl sites for hydroxylation is 1. The van der Waals surface area contributed by atoms with Crippen LogP contribution in [0.2, 0.25) is 0 Å². The Hall–Kier alpha value is -3.26. The van der Waals surface area contributed by atoms with Crippen molar-refractivity contribution in [2.75, 3.05) is 6.26 Å². The molecule has 0 fully saturated rings. The summed E-state index contributed by atoms with van der Waals surface area (Å²) in [5.74, 6) is -0.813. The molecule has 2 aromatic carbocycles. The Morgan fingerprint density at radius 1 is 1.15 bits per heavy atom. The number of aromatic nitrogens is 2. The second-order valence-electron chi connectivity index (χ2n) is 5.67. The number of nitrogens with zero attached hydrogens (tertiary/aromatic N) is 3. The van der Waals surface area contributed by atoms with E-state index in [9.17, 15) is 20.0 Å². The van der Waals surface area contributed by atoms with Crippen LogP contribution < -0.4 is 0 Å². The Morgan fingerprint density at radius 2 is 1.85 bits per heavy atom. The summed E-state index contributed by atoms with van der Waals surface area (Å²) < 4.78 is 0. The van der Waals surface area contributed by atoms with E-state index in [0.717, 1.165) is 5.56 Å². The molecule has 0 saturated carbocycles. The van der Waals surface area contributed by atoms with Crippen molar-refractivity contribution < 1.29 is 14.8 Å². The third-order valence-electron chi connectivity index (χ3n) is 3.98. The Kier molecular flexibility index (Phi) is 5.18. The van der Waals surface area contributed by atoms with Crippen LogP contribution in [0.3, 0.4) is 0 Å². The molecule has 1 heterocycles. The molecule has 0 aliphatic rings.